The summed E-state index contributed by atoms with van der Waals surface area (Å²) in [6, 6.07) is 0. The van der Waals surface area contributed by atoms with E-state index in [4.69, 9.17) is 14.2 Å². The first-order chi connectivity index (χ1) is 40.5. The fourth-order valence-electron chi connectivity index (χ4n) is 11.5. The van der Waals surface area contributed by atoms with Gasteiger partial charge in [-0.15, -0.1) is 0 Å². The average Bonchev–Trinajstić information content (AvgIpc) is 3.47. The molecule has 0 radical (unpaired) electrons. The third-order valence-corrected chi connectivity index (χ3v) is 17.2. The number of carbonyl (C=O) groups excluding carboxylic acids is 3. The molecule has 484 valence electrons. The maximum atomic E-state index is 12.9. The minimum Gasteiger partial charge on any atom is -0.462 e. The average molecular weight is 1150 g/mol. The lowest BCUT2D eigenvalue weighted by Gasteiger charge is -2.18. The van der Waals surface area contributed by atoms with Crippen LogP contribution in [0.3, 0.4) is 0 Å². The highest BCUT2D eigenvalue weighted by Crippen LogP contribution is 2.19. The lowest BCUT2D eigenvalue weighted by atomic mass is 10.0. The van der Waals surface area contributed by atoms with Crippen LogP contribution in [-0.4, -0.2) is 37.2 Å². The molecule has 0 aromatic carbocycles. The van der Waals surface area contributed by atoms with Crippen molar-refractivity contribution in [1.82, 2.24) is 0 Å². The smallest absolute Gasteiger partial charge is 0.306 e. The molecule has 82 heavy (non-hydrogen) atoms. The number of rotatable bonds is 70. The molecule has 0 aliphatic heterocycles. The van der Waals surface area contributed by atoms with E-state index in [1.807, 2.05) is 0 Å². The minimum atomic E-state index is -0.771. The summed E-state index contributed by atoms with van der Waals surface area (Å²) in [6.45, 7) is 6.68. The first kappa shape index (κ1) is 79.9. The number of esters is 3. The minimum absolute atomic E-state index is 0.0671. The third kappa shape index (κ3) is 68.7. The van der Waals surface area contributed by atoms with Gasteiger partial charge < -0.3 is 14.2 Å². The highest BCUT2D eigenvalue weighted by Gasteiger charge is 2.20. The van der Waals surface area contributed by atoms with Crippen molar-refractivity contribution < 1.29 is 28.6 Å². The summed E-state index contributed by atoms with van der Waals surface area (Å²) < 4.78 is 17.0. The molecule has 0 aliphatic carbocycles. The topological polar surface area (TPSA) is 78.9 Å². The van der Waals surface area contributed by atoms with Gasteiger partial charge in [0.25, 0.3) is 0 Å². The zero-order valence-corrected chi connectivity index (χ0v) is 55.8. The standard InChI is InChI=1S/C76H144O6/c1-4-7-10-13-16-19-22-24-26-28-30-32-33-34-35-36-37-38-39-40-41-42-43-44-46-47-49-51-54-57-60-63-66-69-75(78)81-72-73(71-80-74(77)68-65-62-59-56-53-21-18-15-12-9-6-3)82-76(79)70-67-64-61-58-55-52-50-48-45-31-29-27-25-23-20-17-14-11-8-5-2/h15,18,28,30,73H,4-14,16-17,19-27,29,31-72H2,1-3H3/b18-15-,30-28-. The second-order valence-electron chi connectivity index (χ2n) is 25.6. The number of ether oxygens (including phenoxy) is 3. The lowest BCUT2D eigenvalue weighted by molar-refractivity contribution is -0.167. The Labute approximate surface area is 513 Å². The van der Waals surface area contributed by atoms with Crippen molar-refractivity contribution in [2.24, 2.45) is 0 Å². The molecule has 0 spiro atoms. The molecule has 1 unspecified atom stereocenters. The summed E-state index contributed by atoms with van der Waals surface area (Å²) in [5, 5.41) is 0. The molecule has 6 nitrogen and oxygen atoms in total. The van der Waals surface area contributed by atoms with Gasteiger partial charge in [0.1, 0.15) is 13.2 Å². The van der Waals surface area contributed by atoms with E-state index < -0.39 is 6.10 Å². The number of allylic oxidation sites excluding steroid dienone is 4. The maximum Gasteiger partial charge on any atom is 0.306 e. The van der Waals surface area contributed by atoms with E-state index in [0.717, 1.165) is 64.2 Å². The Kier molecular flexibility index (Phi) is 69.5. The summed E-state index contributed by atoms with van der Waals surface area (Å²) in [5.41, 5.74) is 0. The summed E-state index contributed by atoms with van der Waals surface area (Å²) in [4.78, 5) is 38.4. The fraction of sp³-hybridized carbons (Fsp3) is 0.908. The molecular weight excluding hydrogens is 1010 g/mol. The third-order valence-electron chi connectivity index (χ3n) is 17.2. The van der Waals surface area contributed by atoms with E-state index in [-0.39, 0.29) is 31.1 Å². The largest absolute Gasteiger partial charge is 0.462 e. The van der Waals surface area contributed by atoms with Gasteiger partial charge in [-0.2, -0.15) is 0 Å². The Morgan fingerprint density at radius 2 is 0.415 bits per heavy atom. The molecule has 1 atom stereocenters. The van der Waals surface area contributed by atoms with E-state index in [1.54, 1.807) is 0 Å². The van der Waals surface area contributed by atoms with Crippen molar-refractivity contribution >= 4 is 17.9 Å². The summed E-state index contributed by atoms with van der Waals surface area (Å²) in [7, 11) is 0. The second-order valence-corrected chi connectivity index (χ2v) is 25.6. The van der Waals surface area contributed by atoms with Gasteiger partial charge in [-0.1, -0.05) is 366 Å². The van der Waals surface area contributed by atoms with E-state index in [9.17, 15) is 14.4 Å². The number of hydrogen-bond acceptors (Lipinski definition) is 6. The molecule has 0 fully saturated rings. The van der Waals surface area contributed by atoms with Crippen LogP contribution < -0.4 is 0 Å². The van der Waals surface area contributed by atoms with Crippen LogP contribution in [0.5, 0.6) is 0 Å². The van der Waals surface area contributed by atoms with Crippen LogP contribution in [0.1, 0.15) is 425 Å². The molecular formula is C76H144O6. The molecule has 0 saturated heterocycles. The molecule has 0 aromatic rings. The molecule has 0 amide bonds. The van der Waals surface area contributed by atoms with Gasteiger partial charge in [0.05, 0.1) is 0 Å². The normalized spacial score (nSPS) is 12.1. The Hall–Kier alpha value is -2.11. The van der Waals surface area contributed by atoms with Gasteiger partial charge in [0.15, 0.2) is 6.10 Å². The van der Waals surface area contributed by atoms with Crippen LogP contribution in [-0.2, 0) is 28.6 Å². The molecule has 0 heterocycles. The second kappa shape index (κ2) is 71.4. The highest BCUT2D eigenvalue weighted by atomic mass is 16.6. The molecule has 0 saturated carbocycles. The Morgan fingerprint density at radius 1 is 0.232 bits per heavy atom. The van der Waals surface area contributed by atoms with Crippen LogP contribution in [0.15, 0.2) is 24.3 Å². The predicted octanol–water partition coefficient (Wildman–Crippen LogP) is 25.7. The van der Waals surface area contributed by atoms with Crippen LogP contribution >= 0.6 is 0 Å². The van der Waals surface area contributed by atoms with Gasteiger partial charge in [0.2, 0.25) is 0 Å². The van der Waals surface area contributed by atoms with Crippen molar-refractivity contribution in [3.8, 4) is 0 Å². The van der Waals surface area contributed by atoms with E-state index in [2.05, 4.69) is 45.1 Å². The molecule has 6 heteroatoms. The zero-order valence-electron chi connectivity index (χ0n) is 55.8. The van der Waals surface area contributed by atoms with Crippen LogP contribution in [0, 0.1) is 0 Å². The summed E-state index contributed by atoms with van der Waals surface area (Å²) in [6.07, 6.45) is 88.2. The molecule has 0 rings (SSSR count). The Bertz CT molecular complexity index is 1320. The highest BCUT2D eigenvalue weighted by molar-refractivity contribution is 5.71. The quantitative estimate of drug-likeness (QED) is 0.0261. The molecule has 0 aromatic heterocycles. The van der Waals surface area contributed by atoms with Gasteiger partial charge in [-0.3, -0.25) is 14.4 Å². The van der Waals surface area contributed by atoms with Crippen molar-refractivity contribution in [2.45, 2.75) is 431 Å². The van der Waals surface area contributed by atoms with Crippen molar-refractivity contribution in [3.05, 3.63) is 24.3 Å². The zero-order chi connectivity index (χ0) is 59.2. The van der Waals surface area contributed by atoms with Crippen LogP contribution in [0.4, 0.5) is 0 Å². The Morgan fingerprint density at radius 3 is 0.646 bits per heavy atom. The SMILES string of the molecule is CCCC/C=C\CCCCCCCC(=O)OCC(COC(=O)CCCCCCCCCCCCCCCCCCCCCCC/C=C\CCCCCCCCCC)OC(=O)CCCCCCCCCCCCCCCCCCCCCC. The van der Waals surface area contributed by atoms with Crippen LogP contribution in [0.2, 0.25) is 0 Å². The van der Waals surface area contributed by atoms with E-state index in [1.165, 1.54) is 321 Å². The van der Waals surface area contributed by atoms with Gasteiger partial charge >= 0.3 is 17.9 Å². The fourth-order valence-corrected chi connectivity index (χ4v) is 11.5. The first-order valence-corrected chi connectivity index (χ1v) is 37.3. The molecule has 0 bridgehead atoms. The van der Waals surface area contributed by atoms with Crippen LogP contribution in [0.25, 0.3) is 0 Å². The van der Waals surface area contributed by atoms with Gasteiger partial charge in [-0.05, 0) is 64.2 Å². The maximum absolute atomic E-state index is 12.9. The first-order valence-electron chi connectivity index (χ1n) is 37.3. The molecule has 0 aliphatic rings. The molecule has 0 N–H and O–H groups in total. The number of unbranched alkanes of at least 4 members (excludes halogenated alkanes) is 55. The van der Waals surface area contributed by atoms with E-state index in [0.29, 0.717) is 19.3 Å². The van der Waals surface area contributed by atoms with Crippen molar-refractivity contribution in [3.63, 3.8) is 0 Å². The monoisotopic (exact) mass is 1150 g/mol. The number of carbonyl (C=O) groups is 3. The lowest BCUT2D eigenvalue weighted by Crippen LogP contribution is -2.30. The predicted molar refractivity (Wildman–Crippen MR) is 358 cm³/mol. The van der Waals surface area contributed by atoms with E-state index >= 15 is 0 Å². The summed E-state index contributed by atoms with van der Waals surface area (Å²) in [5.74, 6) is -0.845. The van der Waals surface area contributed by atoms with Crippen molar-refractivity contribution in [1.29, 1.82) is 0 Å². The Balaban J connectivity index is 4.06. The summed E-state index contributed by atoms with van der Waals surface area (Å²) >= 11 is 0. The van der Waals surface area contributed by atoms with Crippen molar-refractivity contribution in [2.75, 3.05) is 13.2 Å². The van der Waals surface area contributed by atoms with Gasteiger partial charge in [-0.25, -0.2) is 0 Å². The number of hydrogen-bond donors (Lipinski definition) is 0. The van der Waals surface area contributed by atoms with Gasteiger partial charge in [0, 0.05) is 19.3 Å².